The number of fused-ring (bicyclic) bond motifs is 2. The van der Waals surface area contributed by atoms with Crippen LogP contribution in [0.2, 0.25) is 0 Å². The molecule has 0 radical (unpaired) electrons. The number of allylic oxidation sites excluding steroid dienone is 3. The summed E-state index contributed by atoms with van der Waals surface area (Å²) in [6.07, 6.45) is 2.96. The zero-order valence-electron chi connectivity index (χ0n) is 17.1. The first kappa shape index (κ1) is 20.2. The van der Waals surface area contributed by atoms with E-state index < -0.39 is 12.1 Å². The van der Waals surface area contributed by atoms with Crippen molar-refractivity contribution in [2.45, 2.75) is 47.1 Å². The number of benzene rings is 1. The van der Waals surface area contributed by atoms with Crippen LogP contribution in [0.1, 0.15) is 61.7 Å². The average Bonchev–Trinajstić information content (AvgIpc) is 2.60. The second-order valence-electron chi connectivity index (χ2n) is 8.01. The van der Waals surface area contributed by atoms with Crippen LogP contribution in [0.15, 0.2) is 46.9 Å². The van der Waals surface area contributed by atoms with Gasteiger partial charge in [0.25, 0.3) is 0 Å². The van der Waals surface area contributed by atoms with Gasteiger partial charge in [0.1, 0.15) is 23.7 Å². The second kappa shape index (κ2) is 7.84. The van der Waals surface area contributed by atoms with Crippen molar-refractivity contribution < 1.29 is 24.5 Å². The van der Waals surface area contributed by atoms with Crippen molar-refractivity contribution in [3.63, 3.8) is 0 Å². The molecule has 0 saturated carbocycles. The van der Waals surface area contributed by atoms with Gasteiger partial charge in [0.05, 0.1) is 18.3 Å². The SMILES string of the molecule is CC1=CC(C)=C2Oc3ccc(C(O)CC(C)C)c(C)c3C(=O)OCC2C1=CO. The molecule has 1 aliphatic heterocycles. The van der Waals surface area contributed by atoms with Crippen LogP contribution < -0.4 is 4.74 Å². The van der Waals surface area contributed by atoms with Gasteiger partial charge in [0.2, 0.25) is 0 Å². The summed E-state index contributed by atoms with van der Waals surface area (Å²) in [7, 11) is 0. The lowest BCUT2D eigenvalue weighted by Crippen LogP contribution is -2.28. The van der Waals surface area contributed by atoms with E-state index in [1.54, 1.807) is 6.07 Å². The first-order chi connectivity index (χ1) is 13.2. The first-order valence-corrected chi connectivity index (χ1v) is 9.64. The Morgan fingerprint density at radius 3 is 2.61 bits per heavy atom. The van der Waals surface area contributed by atoms with E-state index in [4.69, 9.17) is 9.47 Å². The summed E-state index contributed by atoms with van der Waals surface area (Å²) < 4.78 is 11.8. The minimum Gasteiger partial charge on any atom is -0.515 e. The van der Waals surface area contributed by atoms with Gasteiger partial charge in [-0.05, 0) is 61.4 Å². The van der Waals surface area contributed by atoms with Crippen molar-refractivity contribution in [2.24, 2.45) is 11.8 Å². The normalized spacial score (nSPS) is 22.0. The molecule has 28 heavy (non-hydrogen) atoms. The fraction of sp³-hybridized carbons (Fsp3) is 0.435. The van der Waals surface area contributed by atoms with E-state index in [2.05, 4.69) is 0 Å². The van der Waals surface area contributed by atoms with Crippen LogP contribution in [0, 0.1) is 18.8 Å². The molecule has 0 fully saturated rings. The molecule has 1 aliphatic carbocycles. The predicted octanol–water partition coefficient (Wildman–Crippen LogP) is 4.92. The molecule has 2 unspecified atom stereocenters. The highest BCUT2D eigenvalue weighted by Crippen LogP contribution is 2.40. The molecular weight excluding hydrogens is 356 g/mol. The summed E-state index contributed by atoms with van der Waals surface area (Å²) in [4.78, 5) is 12.8. The minimum absolute atomic E-state index is 0.0841. The van der Waals surface area contributed by atoms with Gasteiger partial charge in [-0.3, -0.25) is 0 Å². The maximum absolute atomic E-state index is 12.8. The number of ether oxygens (including phenoxy) is 2. The third-order valence-electron chi connectivity index (χ3n) is 5.44. The third-order valence-corrected chi connectivity index (χ3v) is 5.44. The Kier molecular flexibility index (Phi) is 5.66. The molecule has 0 aromatic heterocycles. The molecular formula is C23H28O5. The summed E-state index contributed by atoms with van der Waals surface area (Å²) in [6.45, 7) is 9.83. The number of esters is 1. The number of rotatable bonds is 3. The number of hydrogen-bond donors (Lipinski definition) is 2. The molecule has 0 bridgehead atoms. The number of aliphatic hydroxyl groups excluding tert-OH is 2. The molecule has 0 amide bonds. The molecule has 1 aromatic rings. The molecule has 0 spiro atoms. The van der Waals surface area contributed by atoms with Gasteiger partial charge >= 0.3 is 5.97 Å². The highest BCUT2D eigenvalue weighted by atomic mass is 16.5. The zero-order chi connectivity index (χ0) is 20.6. The third kappa shape index (κ3) is 3.59. The highest BCUT2D eigenvalue weighted by molar-refractivity contribution is 5.95. The number of hydrogen-bond acceptors (Lipinski definition) is 5. The number of cyclic esters (lactones) is 1. The molecule has 1 heterocycles. The molecule has 2 aliphatic rings. The van der Waals surface area contributed by atoms with Gasteiger partial charge in [0, 0.05) is 5.57 Å². The largest absolute Gasteiger partial charge is 0.515 e. The molecule has 3 rings (SSSR count). The topological polar surface area (TPSA) is 76.0 Å². The first-order valence-electron chi connectivity index (χ1n) is 9.64. The fourth-order valence-corrected chi connectivity index (χ4v) is 4.00. The molecule has 1 aromatic carbocycles. The standard InChI is InChI=1S/C23H28O5/c1-12(2)8-19(25)16-6-7-20-21(15(16)5)23(26)27-11-18-17(10-24)13(3)9-14(4)22(18)28-20/h6-7,9-10,12,18-19,24-25H,8,11H2,1-5H3. The monoisotopic (exact) mass is 384 g/mol. The molecule has 2 N–H and O–H groups in total. The minimum atomic E-state index is -0.651. The van der Waals surface area contributed by atoms with Crippen LogP contribution in [0.25, 0.3) is 0 Å². The lowest BCUT2D eigenvalue weighted by atomic mass is 9.85. The summed E-state index contributed by atoms with van der Waals surface area (Å²) in [6, 6.07) is 3.53. The van der Waals surface area contributed by atoms with Gasteiger partial charge in [-0.15, -0.1) is 0 Å². The molecule has 5 nitrogen and oxygen atoms in total. The average molecular weight is 384 g/mol. The maximum Gasteiger partial charge on any atom is 0.342 e. The van der Waals surface area contributed by atoms with E-state index >= 15 is 0 Å². The molecule has 2 atom stereocenters. The van der Waals surface area contributed by atoms with Crippen LogP contribution in [0.5, 0.6) is 5.75 Å². The summed E-state index contributed by atoms with van der Waals surface area (Å²) in [5.74, 6) is 0.571. The van der Waals surface area contributed by atoms with E-state index in [1.165, 1.54) is 0 Å². The van der Waals surface area contributed by atoms with Crippen molar-refractivity contribution in [3.8, 4) is 5.75 Å². The Morgan fingerprint density at radius 2 is 1.96 bits per heavy atom. The smallest absolute Gasteiger partial charge is 0.342 e. The van der Waals surface area contributed by atoms with E-state index in [-0.39, 0.29) is 12.5 Å². The van der Waals surface area contributed by atoms with Crippen LogP contribution >= 0.6 is 0 Å². The number of carbonyl (C=O) groups excluding carboxylic acids is 1. The quantitative estimate of drug-likeness (QED) is 0.572. The summed E-state index contributed by atoms with van der Waals surface area (Å²) in [5, 5.41) is 20.2. The molecule has 150 valence electrons. The molecule has 0 saturated heterocycles. The summed E-state index contributed by atoms with van der Waals surface area (Å²) in [5.41, 5.74) is 4.26. The predicted molar refractivity (Wildman–Crippen MR) is 107 cm³/mol. The van der Waals surface area contributed by atoms with E-state index in [0.29, 0.717) is 46.1 Å². The van der Waals surface area contributed by atoms with Crippen molar-refractivity contribution in [3.05, 3.63) is 63.6 Å². The molecule has 5 heteroatoms. The van der Waals surface area contributed by atoms with Crippen LogP contribution in [-0.2, 0) is 4.74 Å². The lowest BCUT2D eigenvalue weighted by molar-refractivity contribution is 0.0431. The Bertz CT molecular complexity index is 888. The van der Waals surface area contributed by atoms with Crippen LogP contribution in [-0.4, -0.2) is 22.8 Å². The van der Waals surface area contributed by atoms with Gasteiger partial charge < -0.3 is 19.7 Å². The fourth-order valence-electron chi connectivity index (χ4n) is 4.00. The Morgan fingerprint density at radius 1 is 1.25 bits per heavy atom. The van der Waals surface area contributed by atoms with Gasteiger partial charge in [0.15, 0.2) is 0 Å². The summed E-state index contributed by atoms with van der Waals surface area (Å²) >= 11 is 0. The van der Waals surface area contributed by atoms with E-state index in [9.17, 15) is 15.0 Å². The van der Waals surface area contributed by atoms with E-state index in [0.717, 1.165) is 17.4 Å². The van der Waals surface area contributed by atoms with Crippen molar-refractivity contribution >= 4 is 5.97 Å². The van der Waals surface area contributed by atoms with Gasteiger partial charge in [-0.25, -0.2) is 4.79 Å². The van der Waals surface area contributed by atoms with Gasteiger partial charge in [-0.2, -0.15) is 0 Å². The Balaban J connectivity index is 2.09. The Hall–Kier alpha value is -2.53. The maximum atomic E-state index is 12.8. The Labute approximate surface area is 166 Å². The van der Waals surface area contributed by atoms with Gasteiger partial charge in [-0.1, -0.05) is 26.0 Å². The second-order valence-corrected chi connectivity index (χ2v) is 8.01. The van der Waals surface area contributed by atoms with Crippen molar-refractivity contribution in [2.75, 3.05) is 6.61 Å². The lowest BCUT2D eigenvalue weighted by Gasteiger charge is -2.31. The van der Waals surface area contributed by atoms with Crippen molar-refractivity contribution in [1.29, 1.82) is 0 Å². The highest BCUT2D eigenvalue weighted by Gasteiger charge is 2.34. The van der Waals surface area contributed by atoms with Crippen molar-refractivity contribution in [1.82, 2.24) is 0 Å². The van der Waals surface area contributed by atoms with Crippen LogP contribution in [0.3, 0.4) is 0 Å². The van der Waals surface area contributed by atoms with E-state index in [1.807, 2.05) is 46.8 Å². The van der Waals surface area contributed by atoms with Crippen LogP contribution in [0.4, 0.5) is 0 Å². The zero-order valence-corrected chi connectivity index (χ0v) is 17.1. The number of aliphatic hydroxyl groups is 2. The number of carbonyl (C=O) groups is 1.